The first-order valence-corrected chi connectivity index (χ1v) is 6.97. The van der Waals surface area contributed by atoms with E-state index in [1.807, 2.05) is 6.92 Å². The Morgan fingerprint density at radius 1 is 1.53 bits per heavy atom. The lowest BCUT2D eigenvalue weighted by atomic mass is 9.99. The van der Waals surface area contributed by atoms with E-state index in [-0.39, 0.29) is 18.0 Å². The number of aryl methyl sites for hydroxylation is 1. The van der Waals surface area contributed by atoms with Crippen molar-refractivity contribution in [3.8, 4) is 0 Å². The molecule has 1 aliphatic heterocycles. The summed E-state index contributed by atoms with van der Waals surface area (Å²) >= 11 is 0. The predicted molar refractivity (Wildman–Crippen MR) is 76.8 cm³/mol. The first-order valence-electron chi connectivity index (χ1n) is 6.97. The number of carbonyl (C=O) groups is 1. The average molecular weight is 261 g/mol. The molecule has 3 N–H and O–H groups in total. The Labute approximate surface area is 115 Å². The van der Waals surface area contributed by atoms with E-state index in [1.165, 1.54) is 11.1 Å². The van der Waals surface area contributed by atoms with Crippen molar-refractivity contribution in [3.63, 3.8) is 0 Å². The molecule has 0 radical (unpaired) electrons. The zero-order valence-electron chi connectivity index (χ0n) is 11.7. The van der Waals surface area contributed by atoms with Gasteiger partial charge in [0.1, 0.15) is 0 Å². The molecule has 1 aromatic rings. The topological polar surface area (TPSA) is 58.4 Å². The van der Waals surface area contributed by atoms with E-state index in [2.05, 4.69) is 41.4 Å². The van der Waals surface area contributed by atoms with Crippen LogP contribution >= 0.6 is 0 Å². The maximum Gasteiger partial charge on any atom is 0.237 e. The molecule has 0 aromatic heterocycles. The van der Waals surface area contributed by atoms with Crippen molar-refractivity contribution in [2.45, 2.75) is 32.4 Å². The van der Waals surface area contributed by atoms with E-state index >= 15 is 0 Å². The number of amides is 1. The SMILES string of the molecule is CCC1C(=O)NCCN1C(CN)c1cccc(C)c1. The number of hydrogen-bond donors (Lipinski definition) is 2. The number of nitrogens with zero attached hydrogens (tertiary/aromatic N) is 1. The predicted octanol–water partition coefficient (Wildman–Crippen LogP) is 1.21. The van der Waals surface area contributed by atoms with Crippen LogP contribution in [0, 0.1) is 6.92 Å². The zero-order chi connectivity index (χ0) is 13.8. The highest BCUT2D eigenvalue weighted by atomic mass is 16.2. The summed E-state index contributed by atoms with van der Waals surface area (Å²) < 4.78 is 0. The van der Waals surface area contributed by atoms with Gasteiger partial charge in [-0.1, -0.05) is 36.8 Å². The maximum atomic E-state index is 12.0. The van der Waals surface area contributed by atoms with Gasteiger partial charge in [-0.05, 0) is 18.9 Å². The average Bonchev–Trinajstić information content (AvgIpc) is 2.40. The van der Waals surface area contributed by atoms with Crippen LogP contribution in [-0.4, -0.2) is 36.5 Å². The van der Waals surface area contributed by atoms with E-state index in [4.69, 9.17) is 5.73 Å². The molecule has 1 aliphatic rings. The second-order valence-electron chi connectivity index (χ2n) is 5.12. The van der Waals surface area contributed by atoms with Gasteiger partial charge in [-0.3, -0.25) is 9.69 Å². The number of rotatable bonds is 4. The normalized spacial score (nSPS) is 22.1. The van der Waals surface area contributed by atoms with Crippen molar-refractivity contribution in [1.82, 2.24) is 10.2 Å². The van der Waals surface area contributed by atoms with E-state index < -0.39 is 0 Å². The van der Waals surface area contributed by atoms with Crippen molar-refractivity contribution in [1.29, 1.82) is 0 Å². The Morgan fingerprint density at radius 3 is 2.95 bits per heavy atom. The van der Waals surface area contributed by atoms with Crippen LogP contribution < -0.4 is 11.1 Å². The molecule has 1 aromatic carbocycles. The number of benzene rings is 1. The lowest BCUT2D eigenvalue weighted by molar-refractivity contribution is -0.130. The fourth-order valence-corrected chi connectivity index (χ4v) is 2.87. The molecule has 4 heteroatoms. The molecule has 1 saturated heterocycles. The van der Waals surface area contributed by atoms with E-state index in [0.717, 1.165) is 13.0 Å². The monoisotopic (exact) mass is 261 g/mol. The lowest BCUT2D eigenvalue weighted by Crippen LogP contribution is -2.56. The van der Waals surface area contributed by atoms with Crippen molar-refractivity contribution < 1.29 is 4.79 Å². The molecule has 1 amide bonds. The van der Waals surface area contributed by atoms with Crippen molar-refractivity contribution in [3.05, 3.63) is 35.4 Å². The first-order chi connectivity index (χ1) is 9.17. The fourth-order valence-electron chi connectivity index (χ4n) is 2.87. The minimum atomic E-state index is -0.0668. The molecule has 2 unspecified atom stereocenters. The summed E-state index contributed by atoms with van der Waals surface area (Å²) in [4.78, 5) is 14.2. The number of nitrogens with one attached hydrogen (secondary N) is 1. The smallest absolute Gasteiger partial charge is 0.237 e. The highest BCUT2D eigenvalue weighted by Gasteiger charge is 2.33. The summed E-state index contributed by atoms with van der Waals surface area (Å²) in [6, 6.07) is 8.45. The minimum Gasteiger partial charge on any atom is -0.353 e. The van der Waals surface area contributed by atoms with Gasteiger partial charge in [-0.2, -0.15) is 0 Å². The van der Waals surface area contributed by atoms with Gasteiger partial charge in [0.2, 0.25) is 5.91 Å². The van der Waals surface area contributed by atoms with Crippen LogP contribution in [-0.2, 0) is 4.79 Å². The minimum absolute atomic E-state index is 0.0668. The van der Waals surface area contributed by atoms with Crippen molar-refractivity contribution >= 4 is 5.91 Å². The third kappa shape index (κ3) is 2.96. The molecule has 19 heavy (non-hydrogen) atoms. The molecule has 0 aliphatic carbocycles. The molecule has 0 saturated carbocycles. The van der Waals surface area contributed by atoms with Gasteiger partial charge >= 0.3 is 0 Å². The Hall–Kier alpha value is -1.39. The van der Waals surface area contributed by atoms with Gasteiger partial charge in [0.25, 0.3) is 0 Å². The molecule has 1 fully saturated rings. The van der Waals surface area contributed by atoms with Crippen molar-refractivity contribution in [2.24, 2.45) is 5.73 Å². The molecule has 0 spiro atoms. The molecule has 1 heterocycles. The second kappa shape index (κ2) is 6.17. The molecule has 2 atom stereocenters. The van der Waals surface area contributed by atoms with E-state index in [9.17, 15) is 4.79 Å². The summed E-state index contributed by atoms with van der Waals surface area (Å²) in [5, 5.41) is 2.93. The van der Waals surface area contributed by atoms with Crippen LogP contribution in [0.4, 0.5) is 0 Å². The van der Waals surface area contributed by atoms with Crippen LogP contribution in [0.5, 0.6) is 0 Å². The number of carbonyl (C=O) groups excluding carboxylic acids is 1. The summed E-state index contributed by atoms with van der Waals surface area (Å²) in [7, 11) is 0. The van der Waals surface area contributed by atoms with Crippen LogP contribution in [0.15, 0.2) is 24.3 Å². The number of nitrogens with two attached hydrogens (primary N) is 1. The van der Waals surface area contributed by atoms with Gasteiger partial charge in [-0.25, -0.2) is 0 Å². The van der Waals surface area contributed by atoms with Crippen molar-refractivity contribution in [2.75, 3.05) is 19.6 Å². The van der Waals surface area contributed by atoms with Gasteiger partial charge in [0, 0.05) is 25.7 Å². The highest BCUT2D eigenvalue weighted by molar-refractivity contribution is 5.82. The third-order valence-corrected chi connectivity index (χ3v) is 3.81. The van der Waals surface area contributed by atoms with E-state index in [1.54, 1.807) is 0 Å². The summed E-state index contributed by atoms with van der Waals surface area (Å²) in [5.41, 5.74) is 8.41. The van der Waals surface area contributed by atoms with Crippen LogP contribution in [0.25, 0.3) is 0 Å². The Balaban J connectivity index is 2.27. The fraction of sp³-hybridized carbons (Fsp3) is 0.533. The molecular formula is C15H23N3O. The molecule has 104 valence electrons. The summed E-state index contributed by atoms with van der Waals surface area (Å²) in [5.74, 6) is 0.125. The molecule has 0 bridgehead atoms. The standard InChI is InChI=1S/C15H23N3O/c1-3-13-15(19)17-7-8-18(13)14(10-16)12-6-4-5-11(2)9-12/h4-6,9,13-14H,3,7-8,10,16H2,1-2H3,(H,17,19). The van der Waals surface area contributed by atoms with Crippen LogP contribution in [0.1, 0.15) is 30.5 Å². The Kier molecular flexibility index (Phi) is 4.56. The van der Waals surface area contributed by atoms with Crippen LogP contribution in [0.3, 0.4) is 0 Å². The van der Waals surface area contributed by atoms with Gasteiger partial charge in [-0.15, -0.1) is 0 Å². The largest absolute Gasteiger partial charge is 0.353 e. The zero-order valence-corrected chi connectivity index (χ0v) is 11.7. The third-order valence-electron chi connectivity index (χ3n) is 3.81. The van der Waals surface area contributed by atoms with Gasteiger partial charge < -0.3 is 11.1 Å². The van der Waals surface area contributed by atoms with Gasteiger partial charge in [0.05, 0.1) is 6.04 Å². The number of hydrogen-bond acceptors (Lipinski definition) is 3. The lowest BCUT2D eigenvalue weighted by Gasteiger charge is -2.40. The van der Waals surface area contributed by atoms with Crippen LogP contribution in [0.2, 0.25) is 0 Å². The van der Waals surface area contributed by atoms with Gasteiger partial charge in [0.15, 0.2) is 0 Å². The summed E-state index contributed by atoms with van der Waals surface area (Å²) in [6.45, 7) is 6.23. The molecule has 2 rings (SSSR count). The maximum absolute atomic E-state index is 12.0. The quantitative estimate of drug-likeness (QED) is 0.856. The van der Waals surface area contributed by atoms with E-state index in [0.29, 0.717) is 13.1 Å². The molecule has 4 nitrogen and oxygen atoms in total. The Morgan fingerprint density at radius 2 is 2.32 bits per heavy atom. The highest BCUT2D eigenvalue weighted by Crippen LogP contribution is 2.25. The second-order valence-corrected chi connectivity index (χ2v) is 5.12. The Bertz CT molecular complexity index is 447. The number of piperazine rings is 1. The first kappa shape index (κ1) is 14.0. The summed E-state index contributed by atoms with van der Waals surface area (Å²) in [6.07, 6.45) is 0.814. The molecular weight excluding hydrogens is 238 g/mol.